The van der Waals surface area contributed by atoms with Crippen molar-refractivity contribution in [3.05, 3.63) is 29.8 Å². The van der Waals surface area contributed by atoms with Gasteiger partial charge in [0.25, 0.3) is 5.91 Å². The second kappa shape index (κ2) is 11.2. The highest BCUT2D eigenvalue weighted by Crippen LogP contribution is 2.20. The van der Waals surface area contributed by atoms with E-state index in [4.69, 9.17) is 4.74 Å². The number of carbonyl (C=O) groups is 1. The number of hydrogen-bond acceptors (Lipinski definition) is 4. The normalized spacial score (nSPS) is 15.5. The van der Waals surface area contributed by atoms with Crippen molar-refractivity contribution >= 4 is 5.91 Å². The van der Waals surface area contributed by atoms with Crippen molar-refractivity contribution in [1.29, 1.82) is 0 Å². The zero-order valence-electron chi connectivity index (χ0n) is 16.7. The maximum Gasteiger partial charge on any atom is 0.253 e. The average Bonchev–Trinajstić information content (AvgIpc) is 2.70. The Hall–Kier alpha value is -1.59. The van der Waals surface area contributed by atoms with Gasteiger partial charge in [-0.3, -0.25) is 4.79 Å². The van der Waals surface area contributed by atoms with Crippen LogP contribution in [0.5, 0.6) is 5.75 Å². The molecule has 5 nitrogen and oxygen atoms in total. The van der Waals surface area contributed by atoms with Crippen LogP contribution < -0.4 is 10.1 Å². The number of ether oxygens (including phenoxy) is 1. The summed E-state index contributed by atoms with van der Waals surface area (Å²) in [5.41, 5.74) is 0.756. The summed E-state index contributed by atoms with van der Waals surface area (Å²) in [6, 6.07) is 7.60. The van der Waals surface area contributed by atoms with Crippen molar-refractivity contribution in [3.8, 4) is 5.75 Å². The number of carbonyl (C=O) groups excluding carboxylic acids is 1. The highest BCUT2D eigenvalue weighted by Gasteiger charge is 2.23. The Morgan fingerprint density at radius 1 is 1.15 bits per heavy atom. The first-order chi connectivity index (χ1) is 12.7. The molecule has 1 saturated heterocycles. The molecule has 1 N–H and O–H groups in total. The van der Waals surface area contributed by atoms with Crippen molar-refractivity contribution in [1.82, 2.24) is 15.1 Å². The van der Waals surface area contributed by atoms with Crippen LogP contribution in [0, 0.1) is 5.92 Å². The third-order valence-corrected chi connectivity index (χ3v) is 5.26. The molecule has 0 unspecified atom stereocenters. The second-order valence-corrected chi connectivity index (χ2v) is 6.94. The summed E-state index contributed by atoms with van der Waals surface area (Å²) in [5, 5.41) is 3.41. The first-order valence-corrected chi connectivity index (χ1v) is 10.1. The maximum atomic E-state index is 12.7. The predicted octanol–water partition coefficient (Wildman–Crippen LogP) is 2.87. The van der Waals surface area contributed by atoms with E-state index in [9.17, 15) is 4.79 Å². The van der Waals surface area contributed by atoms with Gasteiger partial charge in [-0.2, -0.15) is 0 Å². The minimum Gasteiger partial charge on any atom is -0.492 e. The van der Waals surface area contributed by atoms with Crippen molar-refractivity contribution in [2.45, 2.75) is 33.6 Å². The Bertz CT molecular complexity index is 521. The fraction of sp³-hybridized carbons (Fsp3) is 0.667. The molecule has 26 heavy (non-hydrogen) atoms. The smallest absolute Gasteiger partial charge is 0.253 e. The van der Waals surface area contributed by atoms with Crippen LogP contribution >= 0.6 is 0 Å². The lowest BCUT2D eigenvalue weighted by molar-refractivity contribution is 0.0690. The Morgan fingerprint density at radius 3 is 2.38 bits per heavy atom. The monoisotopic (exact) mass is 361 g/mol. The minimum absolute atomic E-state index is 0.140. The standard InChI is InChI=1S/C21H35N3O2/c1-4-22-17-18-11-13-24(14-12-18)21(25)19-7-9-20(10-8-19)26-16-15-23(5-2)6-3/h7-10,18,22H,4-6,11-17H2,1-3H3. The molecule has 0 spiro atoms. The van der Waals surface area contributed by atoms with Gasteiger partial charge in [-0.25, -0.2) is 0 Å². The molecule has 0 aliphatic carbocycles. The molecular weight excluding hydrogens is 326 g/mol. The number of rotatable bonds is 10. The molecule has 0 atom stereocenters. The van der Waals surface area contributed by atoms with E-state index in [1.165, 1.54) is 0 Å². The Kier molecular flexibility index (Phi) is 8.92. The number of likely N-dealkylation sites (N-methyl/N-ethyl adjacent to an activating group) is 1. The molecule has 1 heterocycles. The summed E-state index contributed by atoms with van der Waals surface area (Å²) in [4.78, 5) is 17.0. The molecule has 1 aliphatic heterocycles. The Morgan fingerprint density at radius 2 is 1.81 bits per heavy atom. The number of nitrogens with one attached hydrogen (secondary N) is 1. The van der Waals surface area contributed by atoms with E-state index in [2.05, 4.69) is 31.0 Å². The van der Waals surface area contributed by atoms with E-state index in [-0.39, 0.29) is 5.91 Å². The first-order valence-electron chi connectivity index (χ1n) is 10.1. The van der Waals surface area contributed by atoms with Gasteiger partial charge in [0.2, 0.25) is 0 Å². The van der Waals surface area contributed by atoms with Crippen LogP contribution in [0.3, 0.4) is 0 Å². The topological polar surface area (TPSA) is 44.8 Å². The summed E-state index contributed by atoms with van der Waals surface area (Å²) in [7, 11) is 0. The molecular formula is C21H35N3O2. The van der Waals surface area contributed by atoms with Crippen molar-refractivity contribution in [2.24, 2.45) is 5.92 Å². The van der Waals surface area contributed by atoms with Crippen LogP contribution in [0.4, 0.5) is 0 Å². The van der Waals surface area contributed by atoms with Gasteiger partial charge in [-0.1, -0.05) is 20.8 Å². The summed E-state index contributed by atoms with van der Waals surface area (Å²) in [6.07, 6.45) is 2.18. The lowest BCUT2D eigenvalue weighted by Crippen LogP contribution is -2.40. The van der Waals surface area contributed by atoms with Gasteiger partial charge < -0.3 is 19.9 Å². The number of piperidine rings is 1. The number of benzene rings is 1. The van der Waals surface area contributed by atoms with Crippen LogP contribution in [-0.4, -0.2) is 68.1 Å². The number of amides is 1. The van der Waals surface area contributed by atoms with Crippen LogP contribution in [0.25, 0.3) is 0 Å². The largest absolute Gasteiger partial charge is 0.492 e. The van der Waals surface area contributed by atoms with Gasteiger partial charge in [-0.05, 0) is 69.2 Å². The number of nitrogens with zero attached hydrogens (tertiary/aromatic N) is 2. The molecule has 2 rings (SSSR count). The minimum atomic E-state index is 0.140. The van der Waals surface area contributed by atoms with Gasteiger partial charge in [0.05, 0.1) is 0 Å². The highest BCUT2D eigenvalue weighted by atomic mass is 16.5. The third kappa shape index (κ3) is 6.29. The quantitative estimate of drug-likeness (QED) is 0.696. The third-order valence-electron chi connectivity index (χ3n) is 5.26. The van der Waals surface area contributed by atoms with Crippen LogP contribution in [0.15, 0.2) is 24.3 Å². The molecule has 0 radical (unpaired) electrons. The fourth-order valence-corrected chi connectivity index (χ4v) is 3.40. The van der Waals surface area contributed by atoms with Crippen LogP contribution in [-0.2, 0) is 0 Å². The SMILES string of the molecule is CCNCC1CCN(C(=O)c2ccc(OCCN(CC)CC)cc2)CC1. The molecule has 0 aromatic heterocycles. The molecule has 1 fully saturated rings. The van der Waals surface area contributed by atoms with Crippen molar-refractivity contribution < 1.29 is 9.53 Å². The van der Waals surface area contributed by atoms with Gasteiger partial charge in [0.15, 0.2) is 0 Å². The van der Waals surface area contributed by atoms with Gasteiger partial charge in [-0.15, -0.1) is 0 Å². The molecule has 1 amide bonds. The molecule has 1 aromatic carbocycles. The molecule has 0 saturated carbocycles. The van der Waals surface area contributed by atoms with E-state index in [0.717, 1.165) is 70.0 Å². The highest BCUT2D eigenvalue weighted by molar-refractivity contribution is 5.94. The van der Waals surface area contributed by atoms with E-state index in [0.29, 0.717) is 12.5 Å². The molecule has 1 aliphatic rings. The molecule has 0 bridgehead atoms. The van der Waals surface area contributed by atoms with E-state index < -0.39 is 0 Å². The predicted molar refractivity (Wildman–Crippen MR) is 107 cm³/mol. The zero-order valence-corrected chi connectivity index (χ0v) is 16.7. The number of hydrogen-bond donors (Lipinski definition) is 1. The average molecular weight is 362 g/mol. The lowest BCUT2D eigenvalue weighted by atomic mass is 9.96. The number of likely N-dealkylation sites (tertiary alicyclic amines) is 1. The van der Waals surface area contributed by atoms with Crippen molar-refractivity contribution in [3.63, 3.8) is 0 Å². The molecule has 5 heteroatoms. The second-order valence-electron chi connectivity index (χ2n) is 6.94. The Balaban J connectivity index is 1.78. The van der Waals surface area contributed by atoms with Crippen molar-refractivity contribution in [2.75, 3.05) is 52.4 Å². The van der Waals surface area contributed by atoms with Gasteiger partial charge in [0.1, 0.15) is 12.4 Å². The fourth-order valence-electron chi connectivity index (χ4n) is 3.40. The van der Waals surface area contributed by atoms with Crippen LogP contribution in [0.2, 0.25) is 0 Å². The van der Waals surface area contributed by atoms with Gasteiger partial charge >= 0.3 is 0 Å². The Labute approximate surface area is 158 Å². The molecule has 146 valence electrons. The van der Waals surface area contributed by atoms with E-state index in [1.807, 2.05) is 29.2 Å². The summed E-state index contributed by atoms with van der Waals surface area (Å²) < 4.78 is 5.80. The van der Waals surface area contributed by atoms with E-state index in [1.54, 1.807) is 0 Å². The first kappa shape index (κ1) is 20.7. The lowest BCUT2D eigenvalue weighted by Gasteiger charge is -2.32. The summed E-state index contributed by atoms with van der Waals surface area (Å²) in [5.74, 6) is 1.67. The summed E-state index contributed by atoms with van der Waals surface area (Å²) in [6.45, 7) is 13.9. The zero-order chi connectivity index (χ0) is 18.8. The maximum absolute atomic E-state index is 12.7. The summed E-state index contributed by atoms with van der Waals surface area (Å²) >= 11 is 0. The van der Waals surface area contributed by atoms with Gasteiger partial charge in [0, 0.05) is 25.2 Å². The van der Waals surface area contributed by atoms with E-state index >= 15 is 0 Å². The van der Waals surface area contributed by atoms with Crippen LogP contribution in [0.1, 0.15) is 44.0 Å². The molecule has 1 aromatic rings.